The summed E-state index contributed by atoms with van der Waals surface area (Å²) >= 11 is 3.17. The van der Waals surface area contributed by atoms with Crippen LogP contribution in [0.4, 0.5) is 0 Å². The van der Waals surface area contributed by atoms with Crippen molar-refractivity contribution in [1.82, 2.24) is 4.72 Å². The minimum Gasteiger partial charge on any atom is -0.480 e. The molecule has 0 saturated heterocycles. The van der Waals surface area contributed by atoms with Gasteiger partial charge in [0.2, 0.25) is 10.0 Å². The highest BCUT2D eigenvalue weighted by atomic mass is 79.9. The van der Waals surface area contributed by atoms with Gasteiger partial charge in [-0.25, -0.2) is 13.2 Å². The number of esters is 1. The Morgan fingerprint density at radius 2 is 2.00 bits per heavy atom. The lowest BCUT2D eigenvalue weighted by atomic mass is 10.1. The maximum Gasteiger partial charge on any atom is 0.338 e. The molecule has 0 aliphatic rings. The molecule has 21 heavy (non-hydrogen) atoms. The number of nitrogens with one attached hydrogen (secondary N) is 1. The van der Waals surface area contributed by atoms with Crippen LogP contribution in [0.2, 0.25) is 0 Å². The van der Waals surface area contributed by atoms with Crippen molar-refractivity contribution in [2.24, 2.45) is 0 Å². The van der Waals surface area contributed by atoms with Crippen molar-refractivity contribution >= 4 is 37.9 Å². The van der Waals surface area contributed by atoms with Crippen LogP contribution in [0.5, 0.6) is 0 Å². The summed E-state index contributed by atoms with van der Waals surface area (Å²) in [6.07, 6.45) is 0. The van der Waals surface area contributed by atoms with Gasteiger partial charge in [-0.1, -0.05) is 15.9 Å². The molecule has 0 amide bonds. The highest BCUT2D eigenvalue weighted by molar-refractivity contribution is 9.10. The molecule has 0 aliphatic carbocycles. The fourth-order valence-electron chi connectivity index (χ4n) is 1.47. The molecule has 116 valence electrons. The van der Waals surface area contributed by atoms with Gasteiger partial charge < -0.3 is 9.84 Å². The number of carboxylic acids is 1. The molecule has 0 radical (unpaired) electrons. The molecule has 7 nitrogen and oxygen atoms in total. The molecule has 1 aromatic carbocycles. The number of benzene rings is 1. The van der Waals surface area contributed by atoms with Crippen LogP contribution in [0.15, 0.2) is 21.5 Å². The number of halogens is 1. The van der Waals surface area contributed by atoms with Gasteiger partial charge in [0.25, 0.3) is 0 Å². The van der Waals surface area contributed by atoms with Crippen LogP contribution >= 0.6 is 15.9 Å². The van der Waals surface area contributed by atoms with Gasteiger partial charge in [-0.05, 0) is 31.5 Å². The largest absolute Gasteiger partial charge is 0.480 e. The summed E-state index contributed by atoms with van der Waals surface area (Å²) < 4.78 is 31.2. The summed E-state index contributed by atoms with van der Waals surface area (Å²) in [5.41, 5.74) is 0.632. The molecule has 0 heterocycles. The third kappa shape index (κ3) is 4.51. The highest BCUT2D eigenvalue weighted by Crippen LogP contribution is 2.25. The number of rotatable bonds is 6. The van der Waals surface area contributed by atoms with Gasteiger partial charge in [-0.3, -0.25) is 4.79 Å². The molecule has 0 unspecified atom stereocenters. The summed E-state index contributed by atoms with van der Waals surface area (Å²) in [5, 5.41) is 8.52. The first kappa shape index (κ1) is 17.6. The summed E-state index contributed by atoms with van der Waals surface area (Å²) in [5.74, 6) is -1.96. The van der Waals surface area contributed by atoms with E-state index in [0.717, 1.165) is 6.07 Å². The summed E-state index contributed by atoms with van der Waals surface area (Å²) in [7, 11) is -4.03. The van der Waals surface area contributed by atoms with E-state index in [-0.39, 0.29) is 17.1 Å². The van der Waals surface area contributed by atoms with E-state index in [1.165, 1.54) is 6.07 Å². The van der Waals surface area contributed by atoms with Crippen LogP contribution in [0.3, 0.4) is 0 Å². The average molecular weight is 380 g/mol. The maximum atomic E-state index is 12.0. The number of carbonyl (C=O) groups excluding carboxylic acids is 1. The Bertz CT molecular complexity index is 671. The first-order valence-electron chi connectivity index (χ1n) is 5.87. The number of aliphatic carboxylic acids is 1. The third-order valence-corrected chi connectivity index (χ3v) is 4.74. The van der Waals surface area contributed by atoms with Crippen molar-refractivity contribution in [3.63, 3.8) is 0 Å². The Labute approximate surface area is 130 Å². The molecule has 0 aromatic heterocycles. The van der Waals surface area contributed by atoms with Crippen molar-refractivity contribution in [2.75, 3.05) is 13.2 Å². The summed E-state index contributed by atoms with van der Waals surface area (Å²) in [4.78, 5) is 22.0. The summed E-state index contributed by atoms with van der Waals surface area (Å²) in [6.45, 7) is 2.68. The molecule has 2 N–H and O–H groups in total. The van der Waals surface area contributed by atoms with E-state index in [9.17, 15) is 18.0 Å². The SMILES string of the molecule is CCOC(=O)c1cc(S(=O)(=O)NCC(=O)O)cc(Br)c1C. The molecule has 1 aromatic rings. The van der Waals surface area contributed by atoms with Crippen molar-refractivity contribution in [3.05, 3.63) is 27.7 Å². The zero-order valence-corrected chi connectivity index (χ0v) is 13.7. The van der Waals surface area contributed by atoms with Crippen molar-refractivity contribution in [1.29, 1.82) is 0 Å². The third-order valence-electron chi connectivity index (χ3n) is 2.54. The zero-order chi connectivity index (χ0) is 16.2. The maximum absolute atomic E-state index is 12.0. The summed E-state index contributed by atoms with van der Waals surface area (Å²) in [6, 6.07) is 2.45. The molecule has 0 aliphatic heterocycles. The Balaban J connectivity index is 3.26. The Morgan fingerprint density at radius 1 is 1.38 bits per heavy atom. The number of carboxylic acid groups (broad SMARTS) is 1. The first-order chi connectivity index (χ1) is 9.69. The normalized spacial score (nSPS) is 11.2. The molecular formula is C12H14BrNO6S. The fraction of sp³-hybridized carbons (Fsp3) is 0.333. The second-order valence-electron chi connectivity index (χ2n) is 4.02. The van der Waals surface area contributed by atoms with Crippen molar-refractivity contribution < 1.29 is 27.9 Å². The molecule has 9 heteroatoms. The van der Waals surface area contributed by atoms with Gasteiger partial charge in [-0.2, -0.15) is 4.72 Å². The Kier molecular flexibility index (Phi) is 5.87. The standard InChI is InChI=1S/C12H14BrNO6S/c1-3-20-12(17)9-4-8(5-10(13)7(9)2)21(18,19)14-6-11(15)16/h4-5,14H,3,6H2,1-2H3,(H,15,16). The topological polar surface area (TPSA) is 110 Å². The molecule has 0 spiro atoms. The van der Waals surface area contributed by atoms with E-state index in [1.54, 1.807) is 13.8 Å². The minimum absolute atomic E-state index is 0.0990. The quantitative estimate of drug-likeness (QED) is 0.720. The van der Waals surface area contributed by atoms with Crippen molar-refractivity contribution in [2.45, 2.75) is 18.7 Å². The molecule has 0 saturated carbocycles. The van der Waals surface area contributed by atoms with Gasteiger partial charge in [0.05, 0.1) is 17.1 Å². The van der Waals surface area contributed by atoms with Gasteiger partial charge in [0.15, 0.2) is 0 Å². The van der Waals surface area contributed by atoms with Crippen LogP contribution in [-0.2, 0) is 19.6 Å². The van der Waals surface area contributed by atoms with E-state index >= 15 is 0 Å². The van der Waals surface area contributed by atoms with Gasteiger partial charge >= 0.3 is 11.9 Å². The molecule has 0 fully saturated rings. The van der Waals surface area contributed by atoms with E-state index < -0.39 is 28.5 Å². The molecule has 0 bridgehead atoms. The van der Waals surface area contributed by atoms with Crippen LogP contribution in [0.25, 0.3) is 0 Å². The lowest BCUT2D eigenvalue weighted by Crippen LogP contribution is -2.29. The lowest BCUT2D eigenvalue weighted by Gasteiger charge is -2.11. The van der Waals surface area contributed by atoms with Crippen molar-refractivity contribution in [3.8, 4) is 0 Å². The first-order valence-corrected chi connectivity index (χ1v) is 8.15. The predicted octanol–water partition coefficient (Wildman–Crippen LogP) is 1.30. The van der Waals surface area contributed by atoms with E-state index in [1.807, 2.05) is 4.72 Å². The number of hydrogen-bond donors (Lipinski definition) is 2. The van der Waals surface area contributed by atoms with Gasteiger partial charge in [0.1, 0.15) is 6.54 Å². The van der Waals surface area contributed by atoms with E-state index in [2.05, 4.69) is 15.9 Å². The second kappa shape index (κ2) is 7.01. The monoisotopic (exact) mass is 379 g/mol. The van der Waals surface area contributed by atoms with Crippen LogP contribution < -0.4 is 4.72 Å². The predicted molar refractivity (Wildman–Crippen MR) is 77.7 cm³/mol. The number of sulfonamides is 1. The molecule has 1 rings (SSSR count). The Morgan fingerprint density at radius 3 is 2.52 bits per heavy atom. The number of ether oxygens (including phenoxy) is 1. The average Bonchev–Trinajstić information content (AvgIpc) is 2.39. The number of hydrogen-bond acceptors (Lipinski definition) is 5. The van der Waals surface area contributed by atoms with E-state index in [4.69, 9.17) is 9.84 Å². The highest BCUT2D eigenvalue weighted by Gasteiger charge is 2.21. The minimum atomic E-state index is -4.03. The lowest BCUT2D eigenvalue weighted by molar-refractivity contribution is -0.135. The second-order valence-corrected chi connectivity index (χ2v) is 6.64. The van der Waals surface area contributed by atoms with E-state index in [0.29, 0.717) is 10.0 Å². The number of carbonyl (C=O) groups is 2. The van der Waals surface area contributed by atoms with Gasteiger partial charge in [0, 0.05) is 4.47 Å². The van der Waals surface area contributed by atoms with Crippen LogP contribution in [0, 0.1) is 6.92 Å². The fourth-order valence-corrected chi connectivity index (χ4v) is 3.11. The smallest absolute Gasteiger partial charge is 0.338 e. The Hall–Kier alpha value is -1.45. The van der Waals surface area contributed by atoms with Crippen LogP contribution in [0.1, 0.15) is 22.8 Å². The van der Waals surface area contributed by atoms with Crippen LogP contribution in [-0.4, -0.2) is 38.6 Å². The molecule has 0 atom stereocenters. The zero-order valence-electron chi connectivity index (χ0n) is 11.3. The molecular weight excluding hydrogens is 366 g/mol. The van der Waals surface area contributed by atoms with Gasteiger partial charge in [-0.15, -0.1) is 0 Å².